The van der Waals surface area contributed by atoms with E-state index >= 15 is 0 Å². The monoisotopic (exact) mass is 295 g/mol. The number of halogens is 1. The Bertz CT molecular complexity index is 501. The highest BCUT2D eigenvalue weighted by molar-refractivity contribution is 9.10. The summed E-state index contributed by atoms with van der Waals surface area (Å²) in [5, 5.41) is 7.63. The standard InChI is InChI=1S/C12H14BrN3O/c13-9-5-15-16(7-9)8-12-4-3-11(17-12)6-14-10-1-2-10/h3-5,7,10,14H,1-2,6,8H2. The smallest absolute Gasteiger partial charge is 0.125 e. The van der Waals surface area contributed by atoms with Crippen molar-refractivity contribution in [1.29, 1.82) is 0 Å². The topological polar surface area (TPSA) is 43.0 Å². The lowest BCUT2D eigenvalue weighted by Crippen LogP contribution is -2.14. The van der Waals surface area contributed by atoms with Gasteiger partial charge < -0.3 is 9.73 Å². The highest BCUT2D eigenvalue weighted by Crippen LogP contribution is 2.20. The SMILES string of the molecule is Brc1cnn(Cc2ccc(CNC3CC3)o2)c1. The number of furan rings is 1. The van der Waals surface area contributed by atoms with E-state index in [1.807, 2.05) is 23.0 Å². The summed E-state index contributed by atoms with van der Waals surface area (Å²) >= 11 is 3.37. The number of nitrogens with zero attached hydrogens (tertiary/aromatic N) is 2. The Balaban J connectivity index is 1.59. The normalized spacial score (nSPS) is 15.4. The van der Waals surface area contributed by atoms with Crippen LogP contribution in [-0.4, -0.2) is 15.8 Å². The van der Waals surface area contributed by atoms with E-state index in [2.05, 4.69) is 26.3 Å². The first-order valence-corrected chi connectivity index (χ1v) is 6.58. The average molecular weight is 296 g/mol. The molecule has 0 radical (unpaired) electrons. The van der Waals surface area contributed by atoms with Gasteiger partial charge in [0, 0.05) is 12.2 Å². The summed E-state index contributed by atoms with van der Waals surface area (Å²) in [6.07, 6.45) is 6.31. The van der Waals surface area contributed by atoms with E-state index in [0.717, 1.165) is 22.5 Å². The van der Waals surface area contributed by atoms with Gasteiger partial charge in [-0.1, -0.05) is 0 Å². The Morgan fingerprint density at radius 1 is 1.41 bits per heavy atom. The summed E-state index contributed by atoms with van der Waals surface area (Å²) in [4.78, 5) is 0. The fraction of sp³-hybridized carbons (Fsp3) is 0.417. The van der Waals surface area contributed by atoms with Gasteiger partial charge in [0.25, 0.3) is 0 Å². The van der Waals surface area contributed by atoms with Crippen LogP contribution in [0.15, 0.2) is 33.4 Å². The zero-order chi connectivity index (χ0) is 11.7. The predicted molar refractivity (Wildman–Crippen MR) is 67.6 cm³/mol. The number of hydrogen-bond donors (Lipinski definition) is 1. The highest BCUT2D eigenvalue weighted by Gasteiger charge is 2.20. The molecule has 1 aliphatic rings. The summed E-state index contributed by atoms with van der Waals surface area (Å²) in [5.74, 6) is 1.94. The predicted octanol–water partition coefficient (Wildman–Crippen LogP) is 2.54. The van der Waals surface area contributed by atoms with Gasteiger partial charge in [-0.15, -0.1) is 0 Å². The average Bonchev–Trinajstić information content (AvgIpc) is 2.90. The van der Waals surface area contributed by atoms with Crippen LogP contribution in [-0.2, 0) is 13.1 Å². The molecule has 1 saturated carbocycles. The molecular weight excluding hydrogens is 282 g/mol. The fourth-order valence-electron chi connectivity index (χ4n) is 1.72. The first-order valence-electron chi connectivity index (χ1n) is 5.78. The van der Waals surface area contributed by atoms with Gasteiger partial charge in [-0.05, 0) is 40.9 Å². The maximum atomic E-state index is 5.74. The second-order valence-corrected chi connectivity index (χ2v) is 5.30. The van der Waals surface area contributed by atoms with Gasteiger partial charge in [0.05, 0.1) is 23.8 Å². The molecule has 2 aromatic heterocycles. The molecule has 5 heteroatoms. The third-order valence-electron chi connectivity index (χ3n) is 2.78. The second kappa shape index (κ2) is 4.66. The van der Waals surface area contributed by atoms with Crippen molar-refractivity contribution in [3.05, 3.63) is 40.5 Å². The third-order valence-corrected chi connectivity index (χ3v) is 3.19. The Kier molecular flexibility index (Phi) is 3.03. The Morgan fingerprint density at radius 2 is 2.24 bits per heavy atom. The third kappa shape index (κ3) is 2.98. The molecule has 17 heavy (non-hydrogen) atoms. The van der Waals surface area contributed by atoms with Crippen LogP contribution in [0.25, 0.3) is 0 Å². The maximum Gasteiger partial charge on any atom is 0.125 e. The van der Waals surface area contributed by atoms with E-state index in [1.165, 1.54) is 12.8 Å². The van der Waals surface area contributed by atoms with Crippen LogP contribution in [0, 0.1) is 0 Å². The van der Waals surface area contributed by atoms with Gasteiger partial charge in [-0.25, -0.2) is 0 Å². The molecule has 0 unspecified atom stereocenters. The molecule has 0 saturated heterocycles. The van der Waals surface area contributed by atoms with Crippen LogP contribution < -0.4 is 5.32 Å². The van der Waals surface area contributed by atoms with Crippen molar-refractivity contribution in [3.63, 3.8) is 0 Å². The molecule has 1 N–H and O–H groups in total. The molecule has 0 amide bonds. The number of nitrogens with one attached hydrogen (secondary N) is 1. The van der Waals surface area contributed by atoms with Crippen molar-refractivity contribution in [3.8, 4) is 0 Å². The van der Waals surface area contributed by atoms with Crippen molar-refractivity contribution in [1.82, 2.24) is 15.1 Å². The second-order valence-electron chi connectivity index (χ2n) is 4.38. The van der Waals surface area contributed by atoms with Crippen molar-refractivity contribution in [2.45, 2.75) is 32.0 Å². The van der Waals surface area contributed by atoms with Crippen LogP contribution in [0.4, 0.5) is 0 Å². The molecule has 0 atom stereocenters. The molecule has 0 spiro atoms. The molecule has 1 aliphatic carbocycles. The van der Waals surface area contributed by atoms with Gasteiger partial charge >= 0.3 is 0 Å². The van der Waals surface area contributed by atoms with E-state index in [0.29, 0.717) is 12.6 Å². The minimum absolute atomic E-state index is 0.676. The van der Waals surface area contributed by atoms with E-state index < -0.39 is 0 Å². The maximum absolute atomic E-state index is 5.74. The van der Waals surface area contributed by atoms with Gasteiger partial charge in [0.2, 0.25) is 0 Å². The Labute approximate surface area is 108 Å². The summed E-state index contributed by atoms with van der Waals surface area (Å²) in [6, 6.07) is 4.76. The summed E-state index contributed by atoms with van der Waals surface area (Å²) in [6.45, 7) is 1.50. The number of hydrogen-bond acceptors (Lipinski definition) is 3. The molecule has 0 bridgehead atoms. The van der Waals surface area contributed by atoms with Crippen molar-refractivity contribution >= 4 is 15.9 Å². The van der Waals surface area contributed by atoms with Crippen molar-refractivity contribution in [2.75, 3.05) is 0 Å². The summed E-state index contributed by atoms with van der Waals surface area (Å²) in [7, 11) is 0. The Hall–Kier alpha value is -1.07. The van der Waals surface area contributed by atoms with E-state index in [4.69, 9.17) is 4.42 Å². The molecule has 4 nitrogen and oxygen atoms in total. The minimum Gasteiger partial charge on any atom is -0.463 e. The van der Waals surface area contributed by atoms with Crippen LogP contribution in [0.1, 0.15) is 24.4 Å². The van der Waals surface area contributed by atoms with Crippen LogP contribution in [0.3, 0.4) is 0 Å². The van der Waals surface area contributed by atoms with Crippen molar-refractivity contribution in [2.24, 2.45) is 0 Å². The van der Waals surface area contributed by atoms with Gasteiger partial charge in [0.15, 0.2) is 0 Å². The molecule has 2 aromatic rings. The highest BCUT2D eigenvalue weighted by atomic mass is 79.9. The van der Waals surface area contributed by atoms with Crippen molar-refractivity contribution < 1.29 is 4.42 Å². The zero-order valence-corrected chi connectivity index (χ0v) is 11.0. The summed E-state index contributed by atoms with van der Waals surface area (Å²) in [5.41, 5.74) is 0. The molecule has 1 fully saturated rings. The molecule has 0 aromatic carbocycles. The van der Waals surface area contributed by atoms with E-state index in [1.54, 1.807) is 6.20 Å². The molecule has 90 valence electrons. The number of aromatic nitrogens is 2. The van der Waals surface area contributed by atoms with Gasteiger partial charge in [-0.3, -0.25) is 4.68 Å². The largest absolute Gasteiger partial charge is 0.463 e. The molecular formula is C12H14BrN3O. The fourth-order valence-corrected chi connectivity index (χ4v) is 2.05. The van der Waals surface area contributed by atoms with E-state index in [-0.39, 0.29) is 0 Å². The molecule has 2 heterocycles. The van der Waals surface area contributed by atoms with Crippen LogP contribution >= 0.6 is 15.9 Å². The molecule has 0 aliphatic heterocycles. The van der Waals surface area contributed by atoms with E-state index in [9.17, 15) is 0 Å². The quantitative estimate of drug-likeness (QED) is 0.922. The van der Waals surface area contributed by atoms with Crippen LogP contribution in [0.2, 0.25) is 0 Å². The lowest BCUT2D eigenvalue weighted by Gasteiger charge is -1.99. The lowest BCUT2D eigenvalue weighted by atomic mass is 10.4. The van der Waals surface area contributed by atoms with Gasteiger partial charge in [-0.2, -0.15) is 5.10 Å². The number of rotatable bonds is 5. The summed E-state index contributed by atoms with van der Waals surface area (Å²) < 4.78 is 8.57. The Morgan fingerprint density at radius 3 is 2.94 bits per heavy atom. The molecule has 3 rings (SSSR count). The first kappa shape index (κ1) is 11.0. The first-order chi connectivity index (χ1) is 8.29. The van der Waals surface area contributed by atoms with Crippen LogP contribution in [0.5, 0.6) is 0 Å². The lowest BCUT2D eigenvalue weighted by molar-refractivity contribution is 0.429. The minimum atomic E-state index is 0.676. The van der Waals surface area contributed by atoms with Gasteiger partial charge in [0.1, 0.15) is 11.5 Å². The zero-order valence-electron chi connectivity index (χ0n) is 9.40.